The first-order valence-corrected chi connectivity index (χ1v) is 5.79. The van der Waals surface area contributed by atoms with Gasteiger partial charge >= 0.3 is 12.0 Å². The van der Waals surface area contributed by atoms with Crippen LogP contribution in [0.1, 0.15) is 32.6 Å². The lowest BCUT2D eigenvalue weighted by molar-refractivity contribution is -0.137. The number of carboxylic acid groups (broad SMARTS) is 1. The Bertz CT molecular complexity index is 284. The van der Waals surface area contributed by atoms with Gasteiger partial charge in [-0.15, -0.1) is 6.42 Å². The van der Waals surface area contributed by atoms with Gasteiger partial charge in [-0.2, -0.15) is 0 Å². The molecule has 0 fully saturated rings. The lowest BCUT2D eigenvalue weighted by Crippen LogP contribution is -2.41. The van der Waals surface area contributed by atoms with Crippen LogP contribution in [0.2, 0.25) is 0 Å². The average molecular weight is 240 g/mol. The summed E-state index contributed by atoms with van der Waals surface area (Å²) in [6.45, 7) is 3.39. The maximum absolute atomic E-state index is 11.6. The normalized spacial score (nSPS) is 9.41. The molecule has 2 N–H and O–H groups in total. The molecule has 0 atom stereocenters. The van der Waals surface area contributed by atoms with E-state index in [1.54, 1.807) is 4.90 Å². The Labute approximate surface area is 102 Å². The maximum atomic E-state index is 11.6. The molecule has 0 aromatic rings. The lowest BCUT2D eigenvalue weighted by Gasteiger charge is -2.19. The number of urea groups is 1. The second-order valence-electron chi connectivity index (χ2n) is 3.71. The molecular weight excluding hydrogens is 220 g/mol. The largest absolute Gasteiger partial charge is 0.481 e. The van der Waals surface area contributed by atoms with Gasteiger partial charge in [0.15, 0.2) is 0 Å². The third kappa shape index (κ3) is 8.14. The molecule has 0 saturated carbocycles. The molecule has 0 rings (SSSR count). The number of hydrogen-bond acceptors (Lipinski definition) is 2. The van der Waals surface area contributed by atoms with E-state index >= 15 is 0 Å². The Morgan fingerprint density at radius 3 is 2.65 bits per heavy atom. The second kappa shape index (κ2) is 9.52. The van der Waals surface area contributed by atoms with Gasteiger partial charge in [0.2, 0.25) is 0 Å². The zero-order chi connectivity index (χ0) is 13.1. The summed E-state index contributed by atoms with van der Waals surface area (Å²) >= 11 is 0. The predicted molar refractivity (Wildman–Crippen MR) is 65.6 cm³/mol. The summed E-state index contributed by atoms with van der Waals surface area (Å²) in [5, 5.41) is 11.2. The standard InChI is InChI=1S/C12H20N2O3/c1-3-9-14(10-4-2)12(17)13-8-6-5-7-11(15)16/h1H,4-10H2,2H3,(H,13,17)(H,15,16). The summed E-state index contributed by atoms with van der Waals surface area (Å²) in [6.07, 6.45) is 7.39. The van der Waals surface area contributed by atoms with Gasteiger partial charge in [-0.1, -0.05) is 12.8 Å². The van der Waals surface area contributed by atoms with Crippen molar-refractivity contribution in [1.29, 1.82) is 0 Å². The van der Waals surface area contributed by atoms with Crippen LogP contribution in [-0.2, 0) is 4.79 Å². The van der Waals surface area contributed by atoms with Crippen LogP contribution in [0, 0.1) is 12.3 Å². The van der Waals surface area contributed by atoms with Gasteiger partial charge in [-0.3, -0.25) is 4.79 Å². The van der Waals surface area contributed by atoms with Crippen molar-refractivity contribution in [2.45, 2.75) is 32.6 Å². The highest BCUT2D eigenvalue weighted by atomic mass is 16.4. The van der Waals surface area contributed by atoms with Crippen molar-refractivity contribution in [2.75, 3.05) is 19.6 Å². The molecular formula is C12H20N2O3. The van der Waals surface area contributed by atoms with Crippen LogP contribution in [0.25, 0.3) is 0 Å². The smallest absolute Gasteiger partial charge is 0.318 e. The summed E-state index contributed by atoms with van der Waals surface area (Å²) in [5.74, 6) is 1.63. The third-order valence-corrected chi connectivity index (χ3v) is 2.16. The lowest BCUT2D eigenvalue weighted by atomic mass is 10.2. The average Bonchev–Trinajstić information content (AvgIpc) is 2.27. The Kier molecular flexibility index (Phi) is 8.57. The third-order valence-electron chi connectivity index (χ3n) is 2.16. The van der Waals surface area contributed by atoms with Crippen LogP contribution in [0.15, 0.2) is 0 Å². The zero-order valence-electron chi connectivity index (χ0n) is 10.2. The highest BCUT2D eigenvalue weighted by molar-refractivity contribution is 5.74. The Morgan fingerprint density at radius 2 is 2.12 bits per heavy atom. The first kappa shape index (κ1) is 15.3. The van der Waals surface area contributed by atoms with Crippen LogP contribution in [-0.4, -0.2) is 41.6 Å². The summed E-state index contributed by atoms with van der Waals surface area (Å²) in [7, 11) is 0. The fourth-order valence-corrected chi connectivity index (χ4v) is 1.34. The van der Waals surface area contributed by atoms with E-state index in [0.717, 1.165) is 6.42 Å². The summed E-state index contributed by atoms with van der Waals surface area (Å²) < 4.78 is 0. The second-order valence-corrected chi connectivity index (χ2v) is 3.71. The monoisotopic (exact) mass is 240 g/mol. The number of hydrogen-bond donors (Lipinski definition) is 2. The van der Waals surface area contributed by atoms with Gasteiger partial charge in [0.25, 0.3) is 0 Å². The van der Waals surface area contributed by atoms with Crippen LogP contribution >= 0.6 is 0 Å². The Balaban J connectivity index is 3.74. The minimum Gasteiger partial charge on any atom is -0.481 e. The number of aliphatic carboxylic acids is 1. The quantitative estimate of drug-likeness (QED) is 0.496. The van der Waals surface area contributed by atoms with Crippen molar-refractivity contribution < 1.29 is 14.7 Å². The van der Waals surface area contributed by atoms with Gasteiger partial charge in [0.1, 0.15) is 0 Å². The van der Waals surface area contributed by atoms with Gasteiger partial charge in [0, 0.05) is 19.5 Å². The van der Waals surface area contributed by atoms with Crippen molar-refractivity contribution in [2.24, 2.45) is 0 Å². The van der Waals surface area contributed by atoms with E-state index < -0.39 is 5.97 Å². The SMILES string of the molecule is C#CCN(CCC)C(=O)NCCCCC(=O)O. The number of unbranched alkanes of at least 4 members (excludes halogenated alkanes) is 1. The number of rotatable bonds is 8. The summed E-state index contributed by atoms with van der Waals surface area (Å²) in [6, 6.07) is -0.180. The molecule has 0 aliphatic heterocycles. The van der Waals surface area contributed by atoms with Crippen LogP contribution in [0.5, 0.6) is 0 Å². The van der Waals surface area contributed by atoms with Crippen LogP contribution < -0.4 is 5.32 Å². The molecule has 0 unspecified atom stereocenters. The number of nitrogens with zero attached hydrogens (tertiary/aromatic N) is 1. The highest BCUT2D eigenvalue weighted by Crippen LogP contribution is 1.95. The van der Waals surface area contributed by atoms with Gasteiger partial charge in [-0.25, -0.2) is 4.79 Å². The number of terminal acetylenes is 1. The molecule has 0 aromatic heterocycles. The highest BCUT2D eigenvalue weighted by Gasteiger charge is 2.09. The van der Waals surface area contributed by atoms with E-state index in [9.17, 15) is 9.59 Å². The van der Waals surface area contributed by atoms with E-state index in [-0.39, 0.29) is 12.5 Å². The molecule has 0 aliphatic carbocycles. The van der Waals surface area contributed by atoms with Crippen molar-refractivity contribution in [1.82, 2.24) is 10.2 Å². The Hall–Kier alpha value is -1.70. The van der Waals surface area contributed by atoms with E-state index in [4.69, 9.17) is 11.5 Å². The molecule has 5 heteroatoms. The summed E-state index contributed by atoms with van der Waals surface area (Å²) in [4.78, 5) is 23.4. The molecule has 0 saturated heterocycles. The van der Waals surface area contributed by atoms with E-state index in [0.29, 0.717) is 32.5 Å². The van der Waals surface area contributed by atoms with E-state index in [1.165, 1.54) is 0 Å². The van der Waals surface area contributed by atoms with Crippen molar-refractivity contribution in [3.63, 3.8) is 0 Å². The molecule has 0 spiro atoms. The molecule has 0 heterocycles. The fraction of sp³-hybridized carbons (Fsp3) is 0.667. The number of nitrogens with one attached hydrogen (secondary N) is 1. The topological polar surface area (TPSA) is 69.6 Å². The number of carbonyl (C=O) groups excluding carboxylic acids is 1. The number of amides is 2. The van der Waals surface area contributed by atoms with Gasteiger partial charge in [0.05, 0.1) is 6.54 Å². The first-order valence-electron chi connectivity index (χ1n) is 5.79. The number of carbonyl (C=O) groups is 2. The molecule has 0 radical (unpaired) electrons. The fourth-order valence-electron chi connectivity index (χ4n) is 1.34. The molecule has 0 aromatic carbocycles. The minimum absolute atomic E-state index is 0.138. The molecule has 2 amide bonds. The van der Waals surface area contributed by atoms with Crippen molar-refractivity contribution in [3.05, 3.63) is 0 Å². The molecule has 0 aliphatic rings. The molecule has 5 nitrogen and oxygen atoms in total. The minimum atomic E-state index is -0.809. The molecule has 96 valence electrons. The van der Waals surface area contributed by atoms with Crippen LogP contribution in [0.4, 0.5) is 4.79 Å². The van der Waals surface area contributed by atoms with E-state index in [2.05, 4.69) is 11.2 Å². The Morgan fingerprint density at radius 1 is 1.41 bits per heavy atom. The first-order chi connectivity index (χ1) is 8.11. The summed E-state index contributed by atoms with van der Waals surface area (Å²) in [5.41, 5.74) is 0. The molecule has 17 heavy (non-hydrogen) atoms. The van der Waals surface area contributed by atoms with Crippen molar-refractivity contribution >= 4 is 12.0 Å². The van der Waals surface area contributed by atoms with Gasteiger partial charge < -0.3 is 15.3 Å². The zero-order valence-corrected chi connectivity index (χ0v) is 10.2. The predicted octanol–water partition coefficient (Wildman–Crippen LogP) is 1.30. The van der Waals surface area contributed by atoms with Gasteiger partial charge in [-0.05, 0) is 19.3 Å². The number of carboxylic acids is 1. The van der Waals surface area contributed by atoms with Crippen molar-refractivity contribution in [3.8, 4) is 12.3 Å². The molecule has 0 bridgehead atoms. The van der Waals surface area contributed by atoms with E-state index in [1.807, 2.05) is 6.92 Å². The van der Waals surface area contributed by atoms with Crippen LogP contribution in [0.3, 0.4) is 0 Å². The maximum Gasteiger partial charge on any atom is 0.318 e.